The SMILES string of the molecule is C=CC(=O)OCCCCCCOC(=C)/C=C\C(=C)OC(=O)C1CCC(C(=O)Oc2ccc(OC(=O)C3CCC(C(=O)OC4C=CC(OCCCCCCOC(=O)C=C)=CC4)CC3)c3nc(-c4cccs4)sc23)CC1. The lowest BCUT2D eigenvalue weighted by Crippen LogP contribution is -2.31. The first-order chi connectivity index (χ1) is 35.9. The van der Waals surface area contributed by atoms with Crippen molar-refractivity contribution in [1.82, 2.24) is 4.98 Å². The van der Waals surface area contributed by atoms with E-state index in [0.717, 1.165) is 74.2 Å². The van der Waals surface area contributed by atoms with Gasteiger partial charge in [0.05, 0.1) is 55.0 Å². The Kier molecular flexibility index (Phi) is 22.9. The highest BCUT2D eigenvalue weighted by molar-refractivity contribution is 7.25. The number of allylic oxidation sites excluding steroid dienone is 3. The Morgan fingerprint density at radius 2 is 1.15 bits per heavy atom. The van der Waals surface area contributed by atoms with Crippen LogP contribution in [0.3, 0.4) is 0 Å². The van der Waals surface area contributed by atoms with Gasteiger partial charge >= 0.3 is 35.8 Å². The second-order valence-corrected chi connectivity index (χ2v) is 20.3. The molecule has 2 aromatic heterocycles. The van der Waals surface area contributed by atoms with E-state index in [0.29, 0.717) is 111 Å². The third kappa shape index (κ3) is 18.1. The summed E-state index contributed by atoms with van der Waals surface area (Å²) in [5.41, 5.74) is 0.409. The zero-order valence-electron chi connectivity index (χ0n) is 42.0. The van der Waals surface area contributed by atoms with Crippen molar-refractivity contribution in [3.63, 3.8) is 0 Å². The second-order valence-electron chi connectivity index (χ2n) is 18.3. The summed E-state index contributed by atoms with van der Waals surface area (Å²) in [6, 6.07) is 7.10. The molecule has 0 aliphatic heterocycles. The molecule has 1 unspecified atom stereocenters. The maximum absolute atomic E-state index is 13.7. The molecule has 3 aliphatic carbocycles. The molecule has 0 radical (unpaired) electrons. The van der Waals surface area contributed by atoms with Gasteiger partial charge in [0.15, 0.2) is 11.5 Å². The topological polar surface area (TPSA) is 189 Å². The van der Waals surface area contributed by atoms with E-state index in [4.69, 9.17) is 42.9 Å². The number of carbonyl (C=O) groups is 6. The number of thiophene rings is 1. The van der Waals surface area contributed by atoms with Gasteiger partial charge in [0.25, 0.3) is 0 Å². The zero-order chi connectivity index (χ0) is 52.7. The van der Waals surface area contributed by atoms with Crippen molar-refractivity contribution in [2.45, 2.75) is 115 Å². The maximum atomic E-state index is 13.7. The molecule has 15 nitrogen and oxygen atoms in total. The number of fused-ring (bicyclic) bond motifs is 1. The summed E-state index contributed by atoms with van der Waals surface area (Å²) in [6.07, 6.45) is 21.7. The number of carbonyl (C=O) groups excluding carboxylic acids is 6. The molecule has 2 heterocycles. The van der Waals surface area contributed by atoms with Crippen LogP contribution in [0.25, 0.3) is 20.1 Å². The first kappa shape index (κ1) is 56.7. The van der Waals surface area contributed by atoms with Crippen molar-refractivity contribution in [2.75, 3.05) is 26.4 Å². The van der Waals surface area contributed by atoms with Crippen molar-refractivity contribution in [1.29, 1.82) is 0 Å². The molecular formula is C57H67NO14S2. The minimum atomic E-state index is -0.438. The fourth-order valence-electron chi connectivity index (χ4n) is 8.62. The molecule has 6 rings (SSSR count). The zero-order valence-corrected chi connectivity index (χ0v) is 43.6. The molecular weight excluding hydrogens is 987 g/mol. The summed E-state index contributed by atoms with van der Waals surface area (Å²) in [6.45, 7) is 16.2. The van der Waals surface area contributed by atoms with E-state index >= 15 is 0 Å². The quantitative estimate of drug-likeness (QED) is 0.0121. The fourth-order valence-corrected chi connectivity index (χ4v) is 10.4. The number of hydrogen-bond donors (Lipinski definition) is 0. The average Bonchev–Trinajstić information content (AvgIpc) is 4.13. The summed E-state index contributed by atoms with van der Waals surface area (Å²) in [4.78, 5) is 81.5. The Morgan fingerprint density at radius 3 is 1.70 bits per heavy atom. The maximum Gasteiger partial charge on any atom is 0.330 e. The molecule has 1 aromatic carbocycles. The fraction of sp³-hybridized carbons (Fsp3) is 0.456. The summed E-state index contributed by atoms with van der Waals surface area (Å²) in [5, 5.41) is 2.64. The molecule has 3 aromatic rings. The van der Waals surface area contributed by atoms with E-state index in [-0.39, 0.29) is 29.5 Å². The van der Waals surface area contributed by atoms with E-state index < -0.39 is 47.6 Å². The molecule has 0 amide bonds. The van der Waals surface area contributed by atoms with Crippen LogP contribution in [0, 0.1) is 23.7 Å². The number of nitrogens with zero attached hydrogens (tertiary/aromatic N) is 1. The molecule has 0 spiro atoms. The van der Waals surface area contributed by atoms with Crippen LogP contribution in [-0.4, -0.2) is 73.3 Å². The van der Waals surface area contributed by atoms with Crippen LogP contribution in [0.15, 0.2) is 116 Å². The Labute approximate surface area is 440 Å². The summed E-state index contributed by atoms with van der Waals surface area (Å²) in [5.74, 6) is -2.07. The van der Waals surface area contributed by atoms with E-state index in [1.807, 2.05) is 35.7 Å². The molecule has 2 saturated carbocycles. The molecule has 0 saturated heterocycles. The van der Waals surface area contributed by atoms with Gasteiger partial charge in [-0.2, -0.15) is 0 Å². The van der Waals surface area contributed by atoms with Crippen LogP contribution >= 0.6 is 22.7 Å². The number of unbranched alkanes of at least 4 members (excludes halogenated alkanes) is 6. The summed E-state index contributed by atoms with van der Waals surface area (Å²) >= 11 is 2.86. The largest absolute Gasteiger partial charge is 0.494 e. The normalized spacial score (nSPS) is 19.4. The standard InChI is InChI=1S/C57H67NO14S2/c1-5-49(59)67-35-13-9-7-11-33-65-38(3)17-18-39(4)69-54(61)40-19-23-43(24-20-40)57(64)72-47-32-31-46(51-52(47)74-53(58-51)48-16-15-37-73-48)71-56(63)42-25-21-41(22-26-42)55(62)70-45-29-27-44(28-30-45)66-34-12-8-10-14-36-68-50(60)6-2/h5-6,15-18,27-29,31-32,37,40-43,45H,1-4,7-14,19-26,30,33-36H2/b18-17-. The summed E-state index contributed by atoms with van der Waals surface area (Å²) in [7, 11) is 0. The van der Waals surface area contributed by atoms with Crippen LogP contribution < -0.4 is 9.47 Å². The molecule has 17 heteroatoms. The van der Waals surface area contributed by atoms with Crippen molar-refractivity contribution in [3.8, 4) is 21.4 Å². The van der Waals surface area contributed by atoms with Crippen molar-refractivity contribution in [3.05, 3.63) is 116 Å². The lowest BCUT2D eigenvalue weighted by atomic mass is 9.82. The van der Waals surface area contributed by atoms with Gasteiger partial charge in [0.1, 0.15) is 38.6 Å². The number of ether oxygens (including phenoxy) is 8. The van der Waals surface area contributed by atoms with Gasteiger partial charge in [0.2, 0.25) is 0 Å². The number of thiazole rings is 1. The number of aromatic nitrogens is 1. The Bertz CT molecular complexity index is 2540. The van der Waals surface area contributed by atoms with Gasteiger partial charge in [0, 0.05) is 18.6 Å². The molecule has 396 valence electrons. The minimum Gasteiger partial charge on any atom is -0.494 e. The molecule has 74 heavy (non-hydrogen) atoms. The molecule has 0 N–H and O–H groups in total. The first-order valence-corrected chi connectivity index (χ1v) is 27.2. The molecule has 0 bridgehead atoms. The molecule has 2 fully saturated rings. The second kappa shape index (κ2) is 29.9. The minimum absolute atomic E-state index is 0.154. The Balaban J connectivity index is 0.910. The Hall–Kier alpha value is -6.59. The molecule has 1 atom stereocenters. The van der Waals surface area contributed by atoms with Crippen LogP contribution in [0.4, 0.5) is 0 Å². The average molecular weight is 1050 g/mol. The van der Waals surface area contributed by atoms with E-state index in [2.05, 4.69) is 26.3 Å². The van der Waals surface area contributed by atoms with Gasteiger partial charge in [-0.05, 0) is 157 Å². The third-order valence-electron chi connectivity index (χ3n) is 12.8. The smallest absolute Gasteiger partial charge is 0.330 e. The highest BCUT2D eigenvalue weighted by atomic mass is 32.1. The van der Waals surface area contributed by atoms with Gasteiger partial charge in [-0.1, -0.05) is 32.4 Å². The lowest BCUT2D eigenvalue weighted by Gasteiger charge is -2.27. The number of rotatable bonds is 29. The van der Waals surface area contributed by atoms with Gasteiger partial charge < -0.3 is 37.9 Å². The van der Waals surface area contributed by atoms with Crippen LogP contribution in [0.2, 0.25) is 0 Å². The van der Waals surface area contributed by atoms with Crippen molar-refractivity contribution < 1.29 is 66.7 Å². The highest BCUT2D eigenvalue weighted by Gasteiger charge is 2.35. The third-order valence-corrected chi connectivity index (χ3v) is 15.0. The molecule has 3 aliphatic rings. The van der Waals surface area contributed by atoms with Crippen molar-refractivity contribution >= 4 is 68.7 Å². The van der Waals surface area contributed by atoms with E-state index in [1.54, 1.807) is 18.2 Å². The lowest BCUT2D eigenvalue weighted by molar-refractivity contribution is -0.155. The van der Waals surface area contributed by atoms with Crippen LogP contribution in [0.5, 0.6) is 11.5 Å². The van der Waals surface area contributed by atoms with Gasteiger partial charge in [-0.15, -0.1) is 22.7 Å². The van der Waals surface area contributed by atoms with E-state index in [1.165, 1.54) is 28.7 Å². The monoisotopic (exact) mass is 1050 g/mol. The summed E-state index contributed by atoms with van der Waals surface area (Å²) < 4.78 is 45.4. The number of benzene rings is 1. The van der Waals surface area contributed by atoms with Gasteiger partial charge in [-0.3, -0.25) is 19.2 Å². The van der Waals surface area contributed by atoms with Crippen LogP contribution in [0.1, 0.15) is 109 Å². The van der Waals surface area contributed by atoms with Crippen LogP contribution in [-0.2, 0) is 57.2 Å². The predicted octanol–water partition coefficient (Wildman–Crippen LogP) is 11.9. The number of hydrogen-bond acceptors (Lipinski definition) is 17. The van der Waals surface area contributed by atoms with Crippen molar-refractivity contribution in [2.24, 2.45) is 23.7 Å². The predicted molar refractivity (Wildman–Crippen MR) is 281 cm³/mol. The Morgan fingerprint density at radius 1 is 0.622 bits per heavy atom. The van der Waals surface area contributed by atoms with Gasteiger partial charge in [-0.25, -0.2) is 14.6 Å². The first-order valence-electron chi connectivity index (χ1n) is 25.5. The highest BCUT2D eigenvalue weighted by Crippen LogP contribution is 2.43. The number of esters is 6. The van der Waals surface area contributed by atoms with E-state index in [9.17, 15) is 28.8 Å².